The zero-order valence-electron chi connectivity index (χ0n) is 15.0. The van der Waals surface area contributed by atoms with Crippen molar-refractivity contribution in [3.8, 4) is 11.5 Å². The average molecular weight is 389 g/mol. The summed E-state index contributed by atoms with van der Waals surface area (Å²) < 4.78 is 11.5. The fourth-order valence-electron chi connectivity index (χ4n) is 2.86. The van der Waals surface area contributed by atoms with Crippen molar-refractivity contribution < 1.29 is 14.3 Å². The first kappa shape index (κ1) is 18.1. The highest BCUT2D eigenvalue weighted by Gasteiger charge is 2.27. The van der Waals surface area contributed by atoms with E-state index in [9.17, 15) is 4.79 Å². The molecule has 0 radical (unpaired) electrons. The number of allylic oxidation sites excluding steroid dienone is 3. The summed E-state index contributed by atoms with van der Waals surface area (Å²) in [5.41, 5.74) is 2.48. The second kappa shape index (κ2) is 8.15. The van der Waals surface area contributed by atoms with E-state index in [0.29, 0.717) is 34.5 Å². The minimum Gasteiger partial charge on any atom is -0.489 e. The van der Waals surface area contributed by atoms with E-state index in [1.165, 1.54) is 0 Å². The van der Waals surface area contributed by atoms with Gasteiger partial charge in [0.15, 0.2) is 5.76 Å². The molecule has 28 heavy (non-hydrogen) atoms. The first-order valence-corrected chi connectivity index (χ1v) is 9.25. The van der Waals surface area contributed by atoms with Crippen molar-refractivity contribution >= 4 is 23.5 Å². The molecule has 3 aromatic carbocycles. The van der Waals surface area contributed by atoms with Crippen LogP contribution in [0.2, 0.25) is 5.02 Å². The maximum absolute atomic E-state index is 12.5. The maximum atomic E-state index is 12.5. The van der Waals surface area contributed by atoms with E-state index in [2.05, 4.69) is 0 Å². The highest BCUT2D eigenvalue weighted by molar-refractivity contribution is 6.31. The van der Waals surface area contributed by atoms with Crippen LogP contribution in [0.5, 0.6) is 11.5 Å². The van der Waals surface area contributed by atoms with Crippen molar-refractivity contribution in [3.63, 3.8) is 0 Å². The average Bonchev–Trinajstić information content (AvgIpc) is 3.03. The fraction of sp³-hybridized carbons (Fsp3) is 0.0417. The Hall–Kier alpha value is -3.30. The molecule has 0 saturated heterocycles. The third kappa shape index (κ3) is 4.00. The fourth-order valence-corrected chi connectivity index (χ4v) is 3.05. The van der Waals surface area contributed by atoms with Gasteiger partial charge < -0.3 is 9.47 Å². The topological polar surface area (TPSA) is 35.5 Å². The van der Waals surface area contributed by atoms with E-state index in [0.717, 1.165) is 11.1 Å². The molecule has 0 spiro atoms. The maximum Gasteiger partial charge on any atom is 0.231 e. The highest BCUT2D eigenvalue weighted by Crippen LogP contribution is 2.34. The van der Waals surface area contributed by atoms with Gasteiger partial charge in [0.2, 0.25) is 5.78 Å². The zero-order valence-corrected chi connectivity index (χ0v) is 15.7. The van der Waals surface area contributed by atoms with Crippen molar-refractivity contribution in [1.29, 1.82) is 0 Å². The summed E-state index contributed by atoms with van der Waals surface area (Å²) >= 11 is 6.15. The summed E-state index contributed by atoms with van der Waals surface area (Å²) in [5, 5.41) is 0.658. The van der Waals surface area contributed by atoms with Gasteiger partial charge in [-0.15, -0.1) is 0 Å². The number of rotatable bonds is 5. The molecule has 0 saturated carbocycles. The van der Waals surface area contributed by atoms with Gasteiger partial charge in [0.1, 0.15) is 18.1 Å². The number of ketones is 1. The molecule has 0 fully saturated rings. The lowest BCUT2D eigenvalue weighted by molar-refractivity contribution is 0.101. The molecule has 4 rings (SSSR count). The molecule has 138 valence electrons. The zero-order chi connectivity index (χ0) is 19.3. The molecule has 1 aliphatic rings. The van der Waals surface area contributed by atoms with Crippen LogP contribution in [0.15, 0.2) is 90.7 Å². The van der Waals surface area contributed by atoms with Crippen LogP contribution in [-0.2, 0) is 6.61 Å². The van der Waals surface area contributed by atoms with Crippen molar-refractivity contribution in [2.45, 2.75) is 6.61 Å². The van der Waals surface area contributed by atoms with Gasteiger partial charge in [-0.3, -0.25) is 4.79 Å². The Labute approximate surface area is 168 Å². The minimum absolute atomic E-state index is 0.134. The lowest BCUT2D eigenvalue weighted by Crippen LogP contribution is -1.97. The monoisotopic (exact) mass is 388 g/mol. The van der Waals surface area contributed by atoms with E-state index in [-0.39, 0.29) is 5.78 Å². The van der Waals surface area contributed by atoms with Crippen molar-refractivity contribution in [2.75, 3.05) is 0 Å². The first-order chi connectivity index (χ1) is 13.7. The Kier molecular flexibility index (Phi) is 5.27. The number of Topliss-reactive ketones (excluding diaryl/α,β-unsaturated/α-hetero) is 1. The number of ether oxygens (including phenoxy) is 2. The lowest BCUT2D eigenvalue weighted by atomic mass is 10.1. The standard InChI is InChI=1S/C24H17ClO3/c25-21-11-5-4-10-18(21)16-27-19-13-14-20-23(15-19)28-22(24(20)26)12-6-9-17-7-2-1-3-8-17/h1-15H,16H2. The van der Waals surface area contributed by atoms with Crippen LogP contribution in [0.3, 0.4) is 0 Å². The minimum atomic E-state index is -0.134. The van der Waals surface area contributed by atoms with Crippen LogP contribution >= 0.6 is 11.6 Å². The van der Waals surface area contributed by atoms with Crippen LogP contribution in [0.1, 0.15) is 21.5 Å². The molecule has 4 heteroatoms. The molecular formula is C24H17ClO3. The molecule has 0 aromatic heterocycles. The molecule has 3 aromatic rings. The predicted octanol–water partition coefficient (Wildman–Crippen LogP) is 6.09. The third-order valence-corrected chi connectivity index (χ3v) is 4.70. The van der Waals surface area contributed by atoms with Gasteiger partial charge in [-0.25, -0.2) is 0 Å². The summed E-state index contributed by atoms with van der Waals surface area (Å²) in [6.45, 7) is 0.342. The molecule has 0 amide bonds. The van der Waals surface area contributed by atoms with Gasteiger partial charge in [-0.1, -0.05) is 72.3 Å². The SMILES string of the molecule is O=C1C(=CC=Cc2ccccc2)Oc2cc(OCc3ccccc3Cl)ccc21. The quantitative estimate of drug-likeness (QED) is 0.496. The third-order valence-electron chi connectivity index (χ3n) is 4.33. The summed E-state index contributed by atoms with van der Waals surface area (Å²) in [5.74, 6) is 1.28. The van der Waals surface area contributed by atoms with Crippen molar-refractivity contribution in [3.05, 3.63) is 112 Å². The second-order valence-electron chi connectivity index (χ2n) is 6.27. The summed E-state index contributed by atoms with van der Waals surface area (Å²) in [6, 6.07) is 22.6. The van der Waals surface area contributed by atoms with Crippen LogP contribution < -0.4 is 9.47 Å². The first-order valence-electron chi connectivity index (χ1n) is 8.87. The molecule has 1 aliphatic heterocycles. The molecule has 0 N–H and O–H groups in total. The van der Waals surface area contributed by atoms with E-state index in [4.69, 9.17) is 21.1 Å². The van der Waals surface area contributed by atoms with E-state index in [1.807, 2.05) is 66.7 Å². The molecule has 1 heterocycles. The second-order valence-corrected chi connectivity index (χ2v) is 6.68. The summed E-state index contributed by atoms with van der Waals surface area (Å²) in [4.78, 5) is 12.5. The van der Waals surface area contributed by atoms with Crippen LogP contribution in [-0.4, -0.2) is 5.78 Å². The number of hydrogen-bond donors (Lipinski definition) is 0. The largest absolute Gasteiger partial charge is 0.489 e. The van der Waals surface area contributed by atoms with Gasteiger partial charge in [-0.2, -0.15) is 0 Å². The number of halogens is 1. The van der Waals surface area contributed by atoms with E-state index in [1.54, 1.807) is 24.3 Å². The smallest absolute Gasteiger partial charge is 0.231 e. The van der Waals surface area contributed by atoms with E-state index < -0.39 is 0 Å². The normalized spacial score (nSPS) is 14.3. The molecule has 0 unspecified atom stereocenters. The van der Waals surface area contributed by atoms with Gasteiger partial charge >= 0.3 is 0 Å². The number of benzene rings is 3. The van der Waals surface area contributed by atoms with Crippen molar-refractivity contribution in [2.24, 2.45) is 0 Å². The number of carbonyl (C=O) groups is 1. The molecule has 0 bridgehead atoms. The Morgan fingerprint density at radius 3 is 2.57 bits per heavy atom. The van der Waals surface area contributed by atoms with Gasteiger partial charge in [0, 0.05) is 16.7 Å². The van der Waals surface area contributed by atoms with E-state index >= 15 is 0 Å². The van der Waals surface area contributed by atoms with Crippen LogP contribution in [0.4, 0.5) is 0 Å². The molecule has 0 aliphatic carbocycles. The Bertz CT molecular complexity index is 1070. The number of carbonyl (C=O) groups excluding carboxylic acids is 1. The van der Waals surface area contributed by atoms with Gasteiger partial charge in [0.05, 0.1) is 5.56 Å². The lowest BCUT2D eigenvalue weighted by Gasteiger charge is -2.08. The molecule has 0 atom stereocenters. The van der Waals surface area contributed by atoms with Crippen molar-refractivity contribution in [1.82, 2.24) is 0 Å². The molecular weight excluding hydrogens is 372 g/mol. The van der Waals surface area contributed by atoms with Gasteiger partial charge in [-0.05, 0) is 29.8 Å². The summed E-state index contributed by atoms with van der Waals surface area (Å²) in [7, 11) is 0. The summed E-state index contributed by atoms with van der Waals surface area (Å²) in [6.07, 6.45) is 5.41. The van der Waals surface area contributed by atoms with Gasteiger partial charge in [0.25, 0.3) is 0 Å². The molecule has 3 nitrogen and oxygen atoms in total. The predicted molar refractivity (Wildman–Crippen MR) is 111 cm³/mol. The van der Waals surface area contributed by atoms with Crippen LogP contribution in [0.25, 0.3) is 6.08 Å². The Balaban J connectivity index is 1.46. The van der Waals surface area contributed by atoms with Crippen LogP contribution in [0, 0.1) is 0 Å². The highest BCUT2D eigenvalue weighted by atomic mass is 35.5. The Morgan fingerprint density at radius 2 is 1.75 bits per heavy atom. The number of hydrogen-bond acceptors (Lipinski definition) is 3. The Morgan fingerprint density at radius 1 is 0.964 bits per heavy atom. The number of fused-ring (bicyclic) bond motifs is 1.